The maximum Gasteiger partial charge on any atom is 0.242 e. The zero-order valence-electron chi connectivity index (χ0n) is 16.2. The number of benzene rings is 1. The molecule has 0 radical (unpaired) electrons. The molecule has 0 aliphatic carbocycles. The Hall–Kier alpha value is -1.51. The number of carbonyl (C=O) groups excluding carboxylic acids is 1. The minimum absolute atomic E-state index is 0. The van der Waals surface area contributed by atoms with Crippen molar-refractivity contribution < 1.29 is 22.7 Å². The summed E-state index contributed by atoms with van der Waals surface area (Å²) in [5.74, 6) is 0.759. The molecule has 27 heavy (non-hydrogen) atoms. The Kier molecular flexibility index (Phi) is 8.38. The molecule has 2 rings (SSSR count). The molecular formula is C18H29ClN2O5S. The molecule has 1 aromatic carbocycles. The van der Waals surface area contributed by atoms with Crippen LogP contribution in [-0.2, 0) is 14.6 Å². The highest BCUT2D eigenvalue weighted by Gasteiger charge is 2.48. The van der Waals surface area contributed by atoms with Crippen LogP contribution in [0.4, 0.5) is 0 Å². The molecule has 1 amide bonds. The third-order valence-electron chi connectivity index (χ3n) is 4.87. The van der Waals surface area contributed by atoms with Gasteiger partial charge in [0.25, 0.3) is 0 Å². The molecule has 0 spiro atoms. The average molecular weight is 421 g/mol. The van der Waals surface area contributed by atoms with Crippen molar-refractivity contribution in [3.05, 3.63) is 23.8 Å². The summed E-state index contributed by atoms with van der Waals surface area (Å²) >= 11 is 0. The van der Waals surface area contributed by atoms with Gasteiger partial charge in [-0.25, -0.2) is 8.42 Å². The fourth-order valence-electron chi connectivity index (χ4n) is 3.24. The quantitative estimate of drug-likeness (QED) is 0.699. The fourth-order valence-corrected chi connectivity index (χ4v) is 4.58. The minimum Gasteiger partial charge on any atom is -0.493 e. The van der Waals surface area contributed by atoms with Crippen molar-refractivity contribution in [3.63, 3.8) is 0 Å². The van der Waals surface area contributed by atoms with Crippen LogP contribution < -0.4 is 20.1 Å². The summed E-state index contributed by atoms with van der Waals surface area (Å²) in [4.78, 5) is 12.9. The average Bonchev–Trinajstić information content (AvgIpc) is 2.61. The van der Waals surface area contributed by atoms with E-state index in [0.29, 0.717) is 31.2 Å². The zero-order chi connectivity index (χ0) is 19.4. The molecule has 1 unspecified atom stereocenters. The fraction of sp³-hybridized carbons (Fsp3) is 0.611. The number of piperidine rings is 1. The second-order valence-corrected chi connectivity index (χ2v) is 8.88. The summed E-state index contributed by atoms with van der Waals surface area (Å²) in [6, 6.07) is 5.07. The number of hydrogen-bond acceptors (Lipinski definition) is 6. The molecule has 1 aliphatic rings. The lowest BCUT2D eigenvalue weighted by atomic mass is 9.95. The van der Waals surface area contributed by atoms with E-state index in [1.165, 1.54) is 0 Å². The molecule has 0 aromatic heterocycles. The highest BCUT2D eigenvalue weighted by Crippen LogP contribution is 2.32. The lowest BCUT2D eigenvalue weighted by Gasteiger charge is -2.35. The number of ether oxygens (including phenoxy) is 2. The molecular weight excluding hydrogens is 392 g/mol. The topological polar surface area (TPSA) is 93.7 Å². The number of amides is 1. The largest absolute Gasteiger partial charge is 0.493 e. The summed E-state index contributed by atoms with van der Waals surface area (Å²) in [7, 11) is -1.98. The Labute approximate surface area is 167 Å². The standard InChI is InChI=1S/C18H28N2O5S.ClH/c1-5-25-15-7-6-14(12-16(15)24-3)13(2)20-17(21)18(26(4,22)23)8-10-19-11-9-18;/h6-7,12-13,19H,5,8-11H2,1-4H3,(H,20,21);1H. The first-order valence-electron chi connectivity index (χ1n) is 8.77. The highest BCUT2D eigenvalue weighted by molar-refractivity contribution is 7.92. The van der Waals surface area contributed by atoms with Crippen LogP contribution in [0.25, 0.3) is 0 Å². The lowest BCUT2D eigenvalue weighted by molar-refractivity contribution is -0.125. The molecule has 1 fully saturated rings. The Morgan fingerprint density at radius 2 is 1.93 bits per heavy atom. The number of rotatable bonds is 7. The third-order valence-corrected chi connectivity index (χ3v) is 6.88. The van der Waals surface area contributed by atoms with Crippen LogP contribution in [0.3, 0.4) is 0 Å². The molecule has 0 saturated carbocycles. The highest BCUT2D eigenvalue weighted by atomic mass is 35.5. The summed E-state index contributed by atoms with van der Waals surface area (Å²) in [5, 5.41) is 5.98. The van der Waals surface area contributed by atoms with Gasteiger partial charge in [0.15, 0.2) is 26.1 Å². The molecule has 1 heterocycles. The van der Waals surface area contributed by atoms with Gasteiger partial charge in [0, 0.05) is 6.26 Å². The van der Waals surface area contributed by atoms with E-state index in [1.807, 2.05) is 19.9 Å². The molecule has 154 valence electrons. The normalized spacial score (nSPS) is 17.3. The van der Waals surface area contributed by atoms with E-state index in [-0.39, 0.29) is 31.3 Å². The van der Waals surface area contributed by atoms with Gasteiger partial charge in [-0.1, -0.05) is 6.07 Å². The summed E-state index contributed by atoms with van der Waals surface area (Å²) in [6.07, 6.45) is 1.69. The second kappa shape index (κ2) is 9.61. The predicted octanol–water partition coefficient (Wildman–Crippen LogP) is 1.86. The molecule has 2 N–H and O–H groups in total. The van der Waals surface area contributed by atoms with Crippen molar-refractivity contribution in [2.24, 2.45) is 0 Å². The van der Waals surface area contributed by atoms with Gasteiger partial charge in [-0.2, -0.15) is 0 Å². The number of carbonyl (C=O) groups is 1. The second-order valence-electron chi connectivity index (χ2n) is 6.55. The van der Waals surface area contributed by atoms with E-state index >= 15 is 0 Å². The van der Waals surface area contributed by atoms with Crippen molar-refractivity contribution >= 4 is 28.2 Å². The van der Waals surface area contributed by atoms with E-state index in [4.69, 9.17) is 9.47 Å². The van der Waals surface area contributed by atoms with E-state index in [2.05, 4.69) is 10.6 Å². The Bertz CT molecular complexity index is 748. The minimum atomic E-state index is -3.54. The summed E-state index contributed by atoms with van der Waals surface area (Å²) in [6.45, 7) is 5.24. The van der Waals surface area contributed by atoms with Crippen LogP contribution in [0.2, 0.25) is 0 Å². The molecule has 1 saturated heterocycles. The van der Waals surface area contributed by atoms with Crippen molar-refractivity contribution in [1.29, 1.82) is 0 Å². The van der Waals surface area contributed by atoms with Gasteiger partial charge >= 0.3 is 0 Å². The van der Waals surface area contributed by atoms with Crippen molar-refractivity contribution in [2.45, 2.75) is 37.5 Å². The van der Waals surface area contributed by atoms with Crippen molar-refractivity contribution in [1.82, 2.24) is 10.6 Å². The van der Waals surface area contributed by atoms with Crippen LogP contribution in [0, 0.1) is 0 Å². The van der Waals surface area contributed by atoms with E-state index in [0.717, 1.165) is 11.8 Å². The molecule has 1 aromatic rings. The summed E-state index contributed by atoms with van der Waals surface area (Å²) < 4.78 is 34.2. The van der Waals surface area contributed by atoms with Crippen LogP contribution in [-0.4, -0.2) is 52.1 Å². The van der Waals surface area contributed by atoms with Gasteiger partial charge in [0.1, 0.15) is 0 Å². The van der Waals surface area contributed by atoms with Crippen molar-refractivity contribution in [3.8, 4) is 11.5 Å². The predicted molar refractivity (Wildman–Crippen MR) is 108 cm³/mol. The first-order chi connectivity index (χ1) is 12.2. The number of halogens is 1. The Morgan fingerprint density at radius 3 is 2.44 bits per heavy atom. The maximum absolute atomic E-state index is 12.9. The molecule has 9 heteroatoms. The SMILES string of the molecule is CCOc1ccc(C(C)NC(=O)C2(S(C)(=O)=O)CCNCC2)cc1OC.Cl. The van der Waals surface area contributed by atoms with Crippen LogP contribution in [0.5, 0.6) is 11.5 Å². The molecule has 1 aliphatic heterocycles. The number of nitrogens with one attached hydrogen (secondary N) is 2. The van der Waals surface area contributed by atoms with Gasteiger partial charge in [-0.15, -0.1) is 12.4 Å². The smallest absolute Gasteiger partial charge is 0.242 e. The van der Waals surface area contributed by atoms with Gasteiger partial charge in [-0.05, 0) is 57.5 Å². The van der Waals surface area contributed by atoms with E-state index in [1.54, 1.807) is 19.2 Å². The first kappa shape index (κ1) is 23.5. The van der Waals surface area contributed by atoms with E-state index < -0.39 is 20.5 Å². The zero-order valence-corrected chi connectivity index (χ0v) is 17.8. The lowest BCUT2D eigenvalue weighted by Crippen LogP contribution is -2.57. The van der Waals surface area contributed by atoms with E-state index in [9.17, 15) is 13.2 Å². The monoisotopic (exact) mass is 420 g/mol. The molecule has 1 atom stereocenters. The van der Waals surface area contributed by atoms with Crippen LogP contribution >= 0.6 is 12.4 Å². The van der Waals surface area contributed by atoms with Crippen LogP contribution in [0.1, 0.15) is 38.3 Å². The van der Waals surface area contributed by atoms with Gasteiger partial charge < -0.3 is 20.1 Å². The maximum atomic E-state index is 12.9. The van der Waals surface area contributed by atoms with Crippen molar-refractivity contribution in [2.75, 3.05) is 33.1 Å². The van der Waals surface area contributed by atoms with Gasteiger partial charge in [0.05, 0.1) is 19.8 Å². The van der Waals surface area contributed by atoms with Gasteiger partial charge in [-0.3, -0.25) is 4.79 Å². The molecule has 0 bridgehead atoms. The van der Waals surface area contributed by atoms with Gasteiger partial charge in [0.2, 0.25) is 5.91 Å². The number of methoxy groups -OCH3 is 1. The molecule has 7 nitrogen and oxygen atoms in total. The Morgan fingerprint density at radius 1 is 1.30 bits per heavy atom. The van der Waals surface area contributed by atoms with Crippen LogP contribution in [0.15, 0.2) is 18.2 Å². The first-order valence-corrected chi connectivity index (χ1v) is 10.7. The summed E-state index contributed by atoms with van der Waals surface area (Å²) in [5.41, 5.74) is 0.816. The number of hydrogen-bond donors (Lipinski definition) is 2. The third kappa shape index (κ3) is 5.06. The Balaban J connectivity index is 0.00000364. The number of sulfone groups is 1.